The van der Waals surface area contributed by atoms with E-state index >= 15 is 0 Å². The molecule has 1 fully saturated rings. The van der Waals surface area contributed by atoms with E-state index in [2.05, 4.69) is 57.7 Å². The van der Waals surface area contributed by atoms with Crippen LogP contribution in [0.4, 0.5) is 10.1 Å². The van der Waals surface area contributed by atoms with Crippen LogP contribution in [0.5, 0.6) is 5.88 Å². The van der Waals surface area contributed by atoms with Gasteiger partial charge in [-0.1, -0.05) is 54.6 Å². The number of methoxy groups -OCH3 is 1. The molecule has 1 aliphatic rings. The Labute approximate surface area is 232 Å². The molecule has 1 N–H and O–H groups in total. The molecule has 0 spiro atoms. The molecule has 3 aromatic carbocycles. The van der Waals surface area contributed by atoms with Gasteiger partial charge in [-0.15, -0.1) is 0 Å². The van der Waals surface area contributed by atoms with Gasteiger partial charge in [0, 0.05) is 36.1 Å². The number of carbonyl (C=O) groups is 1. The van der Waals surface area contributed by atoms with E-state index in [1.165, 1.54) is 17.7 Å². The first-order valence-corrected chi connectivity index (χ1v) is 13.3. The van der Waals surface area contributed by atoms with Crippen LogP contribution in [0.1, 0.15) is 12.0 Å². The van der Waals surface area contributed by atoms with Crippen LogP contribution in [0.15, 0.2) is 97.2 Å². The predicted octanol–water partition coefficient (Wildman–Crippen LogP) is 6.57. The van der Waals surface area contributed by atoms with Crippen molar-refractivity contribution in [2.75, 3.05) is 25.5 Å². The van der Waals surface area contributed by atoms with Gasteiger partial charge in [0.2, 0.25) is 11.8 Å². The number of carbonyl (C=O) groups excluding carboxylic acids is 1. The topological polar surface area (TPSA) is 67.4 Å². The Balaban J connectivity index is 1.20. The molecule has 1 amide bonds. The number of anilines is 1. The summed E-state index contributed by atoms with van der Waals surface area (Å²) in [5.74, 6) is 0.124. The van der Waals surface area contributed by atoms with E-state index in [9.17, 15) is 9.18 Å². The zero-order valence-electron chi connectivity index (χ0n) is 22.2. The molecule has 1 atom stereocenters. The number of hydrogen-bond acceptors (Lipinski definition) is 5. The van der Waals surface area contributed by atoms with Crippen molar-refractivity contribution >= 4 is 22.5 Å². The first-order valence-electron chi connectivity index (χ1n) is 13.3. The molecule has 7 heteroatoms. The fourth-order valence-electron chi connectivity index (χ4n) is 5.29. The van der Waals surface area contributed by atoms with E-state index in [-0.39, 0.29) is 17.6 Å². The fourth-order valence-corrected chi connectivity index (χ4v) is 5.29. The van der Waals surface area contributed by atoms with Gasteiger partial charge >= 0.3 is 0 Å². The molecule has 1 saturated heterocycles. The van der Waals surface area contributed by atoms with Crippen molar-refractivity contribution in [3.05, 3.63) is 109 Å². The van der Waals surface area contributed by atoms with Gasteiger partial charge in [0.15, 0.2) is 0 Å². The molecule has 6 rings (SSSR count). The number of likely N-dealkylation sites (tertiary alicyclic amines) is 1. The summed E-state index contributed by atoms with van der Waals surface area (Å²) < 4.78 is 18.7. The second-order valence-corrected chi connectivity index (χ2v) is 10.1. The van der Waals surface area contributed by atoms with Crippen molar-refractivity contribution in [3.8, 4) is 28.3 Å². The number of hydrogen-bond donors (Lipinski definition) is 1. The van der Waals surface area contributed by atoms with Gasteiger partial charge in [-0.2, -0.15) is 0 Å². The molecule has 40 heavy (non-hydrogen) atoms. The van der Waals surface area contributed by atoms with Gasteiger partial charge in [-0.25, -0.2) is 14.4 Å². The minimum atomic E-state index is -0.318. The van der Waals surface area contributed by atoms with E-state index in [1.54, 1.807) is 25.4 Å². The molecule has 0 saturated carbocycles. The number of benzene rings is 3. The highest BCUT2D eigenvalue weighted by Crippen LogP contribution is 2.35. The SMILES string of the molecule is COc1nccc2nc(-c3ccc(CN4CC[C@@H](C(=O)Nc5ccc(F)cc5)C4)cc3)c(-c3ccccc3)cc12. The summed E-state index contributed by atoms with van der Waals surface area (Å²) in [5.41, 5.74) is 6.64. The molecule has 200 valence electrons. The number of pyridine rings is 2. The van der Waals surface area contributed by atoms with Gasteiger partial charge in [-0.3, -0.25) is 9.69 Å². The second-order valence-electron chi connectivity index (χ2n) is 10.1. The summed E-state index contributed by atoms with van der Waals surface area (Å²) in [6.45, 7) is 2.30. The van der Waals surface area contributed by atoms with E-state index < -0.39 is 0 Å². The third kappa shape index (κ3) is 5.42. The smallest absolute Gasteiger partial charge is 0.228 e. The standard InChI is InChI=1S/C33H29FN4O2/c1-40-33-29-19-28(23-5-3-2-4-6-23)31(37-30(29)15-17-35-33)24-9-7-22(8-10-24)20-38-18-16-25(21-38)32(39)36-27-13-11-26(34)12-14-27/h2-15,17,19,25H,16,18,20-21H2,1H3,(H,36,39)/t25-/m1/s1. The van der Waals surface area contributed by atoms with Gasteiger partial charge in [0.05, 0.1) is 29.6 Å². The minimum Gasteiger partial charge on any atom is -0.481 e. The molecule has 5 aromatic rings. The van der Waals surface area contributed by atoms with Gasteiger partial charge < -0.3 is 10.1 Å². The zero-order chi connectivity index (χ0) is 27.5. The lowest BCUT2D eigenvalue weighted by Gasteiger charge is -2.17. The lowest BCUT2D eigenvalue weighted by molar-refractivity contribution is -0.119. The quantitative estimate of drug-likeness (QED) is 0.257. The normalized spacial score (nSPS) is 15.3. The van der Waals surface area contributed by atoms with Crippen molar-refractivity contribution in [1.29, 1.82) is 0 Å². The first kappa shape index (κ1) is 25.6. The van der Waals surface area contributed by atoms with Crippen molar-refractivity contribution in [1.82, 2.24) is 14.9 Å². The average molecular weight is 533 g/mol. The average Bonchev–Trinajstić information content (AvgIpc) is 3.47. The molecule has 0 radical (unpaired) electrons. The number of halogens is 1. The lowest BCUT2D eigenvalue weighted by Crippen LogP contribution is -2.26. The third-order valence-electron chi connectivity index (χ3n) is 7.37. The van der Waals surface area contributed by atoms with Crippen LogP contribution in [-0.2, 0) is 11.3 Å². The molecular formula is C33H29FN4O2. The molecule has 0 bridgehead atoms. The van der Waals surface area contributed by atoms with Crippen LogP contribution in [0, 0.1) is 11.7 Å². The van der Waals surface area contributed by atoms with Gasteiger partial charge in [0.25, 0.3) is 0 Å². The number of rotatable bonds is 7. The van der Waals surface area contributed by atoms with E-state index in [4.69, 9.17) is 9.72 Å². The molecule has 3 heterocycles. The molecular weight excluding hydrogens is 503 g/mol. The van der Waals surface area contributed by atoms with E-state index in [0.717, 1.165) is 52.8 Å². The Hall–Kier alpha value is -4.62. The summed E-state index contributed by atoms with van der Waals surface area (Å²) >= 11 is 0. The molecule has 0 aliphatic carbocycles. The molecule has 0 unspecified atom stereocenters. The summed E-state index contributed by atoms with van der Waals surface area (Å²) in [6, 6.07) is 28.6. The number of amides is 1. The maximum Gasteiger partial charge on any atom is 0.228 e. The number of aromatic nitrogens is 2. The summed E-state index contributed by atoms with van der Waals surface area (Å²) in [7, 11) is 1.62. The van der Waals surface area contributed by atoms with Crippen LogP contribution < -0.4 is 10.1 Å². The highest BCUT2D eigenvalue weighted by Gasteiger charge is 2.28. The Bertz CT molecular complexity index is 1640. The van der Waals surface area contributed by atoms with Gasteiger partial charge in [-0.05, 0) is 60.5 Å². The fraction of sp³-hybridized carbons (Fsp3) is 0.182. The number of nitrogens with one attached hydrogen (secondary N) is 1. The minimum absolute atomic E-state index is 0.0212. The predicted molar refractivity (Wildman–Crippen MR) is 155 cm³/mol. The van der Waals surface area contributed by atoms with Crippen LogP contribution in [-0.4, -0.2) is 41.0 Å². The Morgan fingerprint density at radius 2 is 1.77 bits per heavy atom. The number of ether oxygens (including phenoxy) is 1. The van der Waals surface area contributed by atoms with E-state index in [0.29, 0.717) is 18.1 Å². The maximum absolute atomic E-state index is 13.2. The second kappa shape index (κ2) is 11.2. The largest absolute Gasteiger partial charge is 0.481 e. The van der Waals surface area contributed by atoms with Crippen molar-refractivity contribution < 1.29 is 13.9 Å². The zero-order valence-corrected chi connectivity index (χ0v) is 22.2. The van der Waals surface area contributed by atoms with Crippen LogP contribution in [0.2, 0.25) is 0 Å². The molecule has 6 nitrogen and oxygen atoms in total. The van der Waals surface area contributed by atoms with E-state index in [1.807, 2.05) is 24.3 Å². The van der Waals surface area contributed by atoms with Gasteiger partial charge in [0.1, 0.15) is 5.82 Å². The maximum atomic E-state index is 13.2. The summed E-state index contributed by atoms with van der Waals surface area (Å²) in [6.07, 6.45) is 2.51. The molecule has 2 aromatic heterocycles. The molecule has 1 aliphatic heterocycles. The van der Waals surface area contributed by atoms with Crippen molar-refractivity contribution in [2.24, 2.45) is 5.92 Å². The summed E-state index contributed by atoms with van der Waals surface area (Å²) in [5, 5.41) is 3.78. The Kier molecular flexibility index (Phi) is 7.21. The lowest BCUT2D eigenvalue weighted by atomic mass is 9.97. The van der Waals surface area contributed by atoms with Crippen molar-refractivity contribution in [3.63, 3.8) is 0 Å². The number of nitrogens with zero attached hydrogens (tertiary/aromatic N) is 3. The monoisotopic (exact) mass is 532 g/mol. The Morgan fingerprint density at radius 3 is 2.52 bits per heavy atom. The number of fused-ring (bicyclic) bond motifs is 1. The van der Waals surface area contributed by atoms with Crippen LogP contribution >= 0.6 is 0 Å². The third-order valence-corrected chi connectivity index (χ3v) is 7.37. The van der Waals surface area contributed by atoms with Crippen LogP contribution in [0.3, 0.4) is 0 Å². The first-order chi connectivity index (χ1) is 19.6. The van der Waals surface area contributed by atoms with Crippen molar-refractivity contribution in [2.45, 2.75) is 13.0 Å². The summed E-state index contributed by atoms with van der Waals surface area (Å²) in [4.78, 5) is 24.4. The Morgan fingerprint density at radius 1 is 1.00 bits per heavy atom. The van der Waals surface area contributed by atoms with Crippen LogP contribution in [0.25, 0.3) is 33.3 Å². The highest BCUT2D eigenvalue weighted by molar-refractivity contribution is 5.94. The highest BCUT2D eigenvalue weighted by atomic mass is 19.1.